The lowest BCUT2D eigenvalue weighted by Gasteiger charge is -2.29. The zero-order chi connectivity index (χ0) is 25.0. The minimum Gasteiger partial charge on any atom is -0.484 e. The van der Waals surface area contributed by atoms with Crippen molar-refractivity contribution in [3.63, 3.8) is 0 Å². The lowest BCUT2D eigenvalue weighted by atomic mass is 9.89. The largest absolute Gasteiger partial charge is 0.484 e. The van der Waals surface area contributed by atoms with Crippen LogP contribution in [-0.4, -0.2) is 42.4 Å². The molecule has 4 rings (SSSR count). The smallest absolute Gasteiger partial charge is 0.422 e. The highest BCUT2D eigenvalue weighted by Crippen LogP contribution is 2.33. The summed E-state index contributed by atoms with van der Waals surface area (Å²) in [6.45, 7) is -0.504. The molecular weight excluding hydrogens is 459 g/mol. The number of carboxylic acid groups (broad SMARTS) is 1. The molecular formula is C26H26F3N3O3. The van der Waals surface area contributed by atoms with Crippen LogP contribution in [0.1, 0.15) is 39.5 Å². The predicted molar refractivity (Wildman–Crippen MR) is 126 cm³/mol. The van der Waals surface area contributed by atoms with E-state index < -0.39 is 18.8 Å². The molecule has 1 aliphatic rings. The van der Waals surface area contributed by atoms with Crippen LogP contribution in [0.5, 0.6) is 5.75 Å². The zero-order valence-corrected chi connectivity index (χ0v) is 19.2. The van der Waals surface area contributed by atoms with E-state index in [1.807, 2.05) is 18.0 Å². The molecule has 6 nitrogen and oxygen atoms in total. The first-order chi connectivity index (χ1) is 16.7. The highest BCUT2D eigenvalue weighted by Gasteiger charge is 2.28. The minimum absolute atomic E-state index is 0.102. The number of hydrogen-bond donors (Lipinski definition) is 2. The Labute approximate surface area is 201 Å². The second kappa shape index (κ2) is 10.4. The monoisotopic (exact) mass is 485 g/mol. The molecule has 1 aromatic heterocycles. The van der Waals surface area contributed by atoms with Crippen LogP contribution in [0.4, 0.5) is 24.5 Å². The summed E-state index contributed by atoms with van der Waals surface area (Å²) in [6.07, 6.45) is 0.935. The van der Waals surface area contributed by atoms with E-state index in [-0.39, 0.29) is 17.4 Å². The van der Waals surface area contributed by atoms with Gasteiger partial charge in [-0.15, -0.1) is 0 Å². The van der Waals surface area contributed by atoms with Gasteiger partial charge in [-0.05, 0) is 85.0 Å². The van der Waals surface area contributed by atoms with Gasteiger partial charge >= 0.3 is 12.1 Å². The summed E-state index contributed by atoms with van der Waals surface area (Å²) in [5, 5.41) is 12.9. The van der Waals surface area contributed by atoms with Crippen LogP contribution < -0.4 is 15.0 Å². The fourth-order valence-corrected chi connectivity index (χ4v) is 4.32. The van der Waals surface area contributed by atoms with Crippen molar-refractivity contribution < 1.29 is 27.8 Å². The number of benzene rings is 2. The quantitative estimate of drug-likeness (QED) is 0.451. The van der Waals surface area contributed by atoms with Crippen molar-refractivity contribution in [1.82, 2.24) is 10.3 Å². The van der Waals surface area contributed by atoms with E-state index in [0.717, 1.165) is 30.8 Å². The Morgan fingerprint density at radius 2 is 1.91 bits per heavy atom. The number of halogens is 3. The highest BCUT2D eigenvalue weighted by atomic mass is 19.4. The predicted octanol–water partition coefficient (Wildman–Crippen LogP) is 5.31. The molecule has 2 heterocycles. The average Bonchev–Trinajstić information content (AvgIpc) is 2.85. The summed E-state index contributed by atoms with van der Waals surface area (Å²) < 4.78 is 41.9. The van der Waals surface area contributed by atoms with E-state index in [4.69, 9.17) is 4.74 Å². The van der Waals surface area contributed by atoms with Crippen LogP contribution >= 0.6 is 0 Å². The first-order valence-corrected chi connectivity index (χ1v) is 11.3. The minimum atomic E-state index is -4.37. The Morgan fingerprint density at radius 3 is 2.63 bits per heavy atom. The van der Waals surface area contributed by atoms with E-state index in [1.54, 1.807) is 18.3 Å². The first-order valence-electron chi connectivity index (χ1n) is 11.3. The molecule has 0 bridgehead atoms. The van der Waals surface area contributed by atoms with E-state index in [2.05, 4.69) is 22.4 Å². The number of hydrogen-bond acceptors (Lipinski definition) is 5. The molecule has 3 aromatic rings. The van der Waals surface area contributed by atoms with Gasteiger partial charge in [-0.25, -0.2) is 4.79 Å². The number of aromatic nitrogens is 1. The summed E-state index contributed by atoms with van der Waals surface area (Å²) in [4.78, 5) is 17.5. The number of ether oxygens (including phenoxy) is 1. The average molecular weight is 486 g/mol. The van der Waals surface area contributed by atoms with Gasteiger partial charge < -0.3 is 20.1 Å². The molecule has 0 spiro atoms. The number of aryl methyl sites for hydroxylation is 1. The molecule has 35 heavy (non-hydrogen) atoms. The number of nitrogens with zero attached hydrogens (tertiary/aromatic N) is 2. The Hall–Kier alpha value is -3.59. The van der Waals surface area contributed by atoms with Gasteiger partial charge in [0.15, 0.2) is 6.61 Å². The van der Waals surface area contributed by atoms with E-state index >= 15 is 0 Å². The lowest BCUT2D eigenvalue weighted by molar-refractivity contribution is -0.153. The second-order valence-corrected chi connectivity index (χ2v) is 8.47. The summed E-state index contributed by atoms with van der Waals surface area (Å²) in [6, 6.07) is 14.4. The molecule has 9 heteroatoms. The van der Waals surface area contributed by atoms with Crippen LogP contribution in [0.3, 0.4) is 0 Å². The fourth-order valence-electron chi connectivity index (χ4n) is 4.32. The topological polar surface area (TPSA) is 74.7 Å². The van der Waals surface area contributed by atoms with Gasteiger partial charge in [-0.1, -0.05) is 6.07 Å². The molecule has 0 saturated heterocycles. The van der Waals surface area contributed by atoms with Crippen molar-refractivity contribution in [1.29, 1.82) is 0 Å². The molecule has 1 aliphatic heterocycles. The molecule has 2 aromatic carbocycles. The number of alkyl halides is 3. The van der Waals surface area contributed by atoms with Gasteiger partial charge in [0.25, 0.3) is 0 Å². The SMILES string of the molecule is CN(c1ccc(OCC(F)(F)F)cc1)c1ccc2c(c1)CCN[C@@H]2CCc1cnccc1C(=O)O. The van der Waals surface area contributed by atoms with Crippen molar-refractivity contribution in [3.8, 4) is 5.75 Å². The standard InChI is InChI=1S/C26H26F3N3O3/c1-32(19-3-6-21(7-4-19)35-16-26(27,28)29)20-5-8-22-17(14-20)10-13-31-24(22)9-2-18-15-30-12-11-23(18)25(33)34/h3-8,11-12,14-15,24,31H,2,9-10,13,16H2,1H3,(H,33,34)/t24-/m1/s1. The Bertz CT molecular complexity index is 1180. The number of aromatic carboxylic acids is 1. The Kier molecular flexibility index (Phi) is 7.25. The van der Waals surface area contributed by atoms with E-state index in [1.165, 1.54) is 35.5 Å². The van der Waals surface area contributed by atoms with Gasteiger partial charge in [-0.2, -0.15) is 13.2 Å². The Morgan fingerprint density at radius 1 is 1.17 bits per heavy atom. The summed E-state index contributed by atoms with van der Waals surface area (Å²) in [5.74, 6) is -0.787. The van der Waals surface area contributed by atoms with Crippen LogP contribution in [0, 0.1) is 0 Å². The summed E-state index contributed by atoms with van der Waals surface area (Å²) in [5.41, 5.74) is 5.19. The fraction of sp³-hybridized carbons (Fsp3) is 0.308. The number of anilines is 2. The number of pyridine rings is 1. The molecule has 0 saturated carbocycles. The molecule has 0 aliphatic carbocycles. The lowest BCUT2D eigenvalue weighted by Crippen LogP contribution is -2.30. The molecule has 0 unspecified atom stereocenters. The molecule has 184 valence electrons. The Balaban J connectivity index is 1.45. The molecule has 0 radical (unpaired) electrons. The van der Waals surface area contributed by atoms with Crippen molar-refractivity contribution in [2.24, 2.45) is 0 Å². The van der Waals surface area contributed by atoms with Crippen LogP contribution in [-0.2, 0) is 12.8 Å². The van der Waals surface area contributed by atoms with Crippen molar-refractivity contribution in [2.75, 3.05) is 25.1 Å². The number of rotatable bonds is 8. The number of carbonyl (C=O) groups is 1. The van der Waals surface area contributed by atoms with Gasteiger partial charge in [-0.3, -0.25) is 4.98 Å². The second-order valence-electron chi connectivity index (χ2n) is 8.47. The molecule has 0 fully saturated rings. The van der Waals surface area contributed by atoms with E-state index in [9.17, 15) is 23.1 Å². The number of carboxylic acids is 1. The maximum atomic E-state index is 12.4. The van der Waals surface area contributed by atoms with Gasteiger partial charge in [0.05, 0.1) is 5.56 Å². The third kappa shape index (κ3) is 6.10. The van der Waals surface area contributed by atoms with E-state index in [0.29, 0.717) is 12.0 Å². The van der Waals surface area contributed by atoms with Crippen LogP contribution in [0.15, 0.2) is 60.9 Å². The maximum Gasteiger partial charge on any atom is 0.422 e. The molecule has 2 N–H and O–H groups in total. The maximum absolute atomic E-state index is 12.4. The highest BCUT2D eigenvalue weighted by molar-refractivity contribution is 5.89. The van der Waals surface area contributed by atoms with Crippen molar-refractivity contribution in [2.45, 2.75) is 31.5 Å². The summed E-state index contributed by atoms with van der Waals surface area (Å²) >= 11 is 0. The third-order valence-corrected chi connectivity index (χ3v) is 6.14. The normalized spacial score (nSPS) is 15.4. The van der Waals surface area contributed by atoms with Gasteiger partial charge in [0.2, 0.25) is 0 Å². The molecule has 0 amide bonds. The van der Waals surface area contributed by atoms with Gasteiger partial charge in [0.1, 0.15) is 5.75 Å². The molecule has 1 atom stereocenters. The van der Waals surface area contributed by atoms with Crippen LogP contribution in [0.2, 0.25) is 0 Å². The summed E-state index contributed by atoms with van der Waals surface area (Å²) in [7, 11) is 1.90. The van der Waals surface area contributed by atoms with Gasteiger partial charge in [0, 0.05) is 36.9 Å². The number of fused-ring (bicyclic) bond motifs is 1. The van der Waals surface area contributed by atoms with Crippen molar-refractivity contribution in [3.05, 3.63) is 83.2 Å². The zero-order valence-electron chi connectivity index (χ0n) is 19.2. The van der Waals surface area contributed by atoms with Crippen LogP contribution in [0.25, 0.3) is 0 Å². The third-order valence-electron chi connectivity index (χ3n) is 6.14. The first kappa shape index (κ1) is 24.5. The number of nitrogens with one attached hydrogen (secondary N) is 1. The van der Waals surface area contributed by atoms with Crippen molar-refractivity contribution >= 4 is 17.3 Å².